The fraction of sp³-hybridized carbons (Fsp3) is 0.235. The first-order chi connectivity index (χ1) is 10.4. The van der Waals surface area contributed by atoms with Crippen LogP contribution in [0.4, 0.5) is 5.82 Å². The van der Waals surface area contributed by atoms with Crippen molar-refractivity contribution in [1.82, 2.24) is 4.98 Å². The molecule has 114 valence electrons. The van der Waals surface area contributed by atoms with E-state index in [-0.39, 0.29) is 12.4 Å². The lowest BCUT2D eigenvalue weighted by Gasteiger charge is -2.29. The zero-order valence-corrected chi connectivity index (χ0v) is 13.7. The molecule has 3 heterocycles. The smallest absolute Gasteiger partial charge is 0.137 e. The molecule has 0 bridgehead atoms. The maximum atomic E-state index is 5.47. The summed E-state index contributed by atoms with van der Waals surface area (Å²) in [6, 6.07) is 14.9. The van der Waals surface area contributed by atoms with E-state index in [9.17, 15) is 0 Å². The van der Waals surface area contributed by atoms with Crippen molar-refractivity contribution >= 4 is 40.3 Å². The fourth-order valence-corrected chi connectivity index (χ4v) is 3.43. The van der Waals surface area contributed by atoms with Gasteiger partial charge in [-0.1, -0.05) is 30.3 Å². The van der Waals surface area contributed by atoms with Gasteiger partial charge in [0.25, 0.3) is 0 Å². The summed E-state index contributed by atoms with van der Waals surface area (Å²) in [4.78, 5) is 8.50. The van der Waals surface area contributed by atoms with E-state index in [0.29, 0.717) is 0 Å². The normalized spacial score (nSPS) is 14.8. The first kappa shape index (κ1) is 15.3. The minimum Gasteiger partial charge on any atom is -0.378 e. The largest absolute Gasteiger partial charge is 0.378 e. The Morgan fingerprint density at radius 2 is 1.86 bits per heavy atom. The van der Waals surface area contributed by atoms with Crippen molar-refractivity contribution in [2.24, 2.45) is 0 Å². The van der Waals surface area contributed by atoms with Crippen molar-refractivity contribution in [3.05, 3.63) is 47.8 Å². The number of morpholine rings is 1. The quantitative estimate of drug-likeness (QED) is 0.702. The zero-order chi connectivity index (χ0) is 14.1. The second-order valence-corrected chi connectivity index (χ2v) is 6.08. The molecule has 3 aromatic rings. The van der Waals surface area contributed by atoms with Gasteiger partial charge in [0.05, 0.1) is 23.8 Å². The van der Waals surface area contributed by atoms with E-state index in [0.717, 1.165) is 37.8 Å². The number of rotatable bonds is 2. The maximum Gasteiger partial charge on any atom is 0.137 e. The van der Waals surface area contributed by atoms with Gasteiger partial charge in [-0.15, -0.1) is 23.7 Å². The van der Waals surface area contributed by atoms with Crippen LogP contribution >= 0.6 is 23.7 Å². The molecule has 4 rings (SSSR count). The monoisotopic (exact) mass is 332 g/mol. The molecule has 0 aliphatic carbocycles. The highest BCUT2D eigenvalue weighted by Gasteiger charge is 2.17. The van der Waals surface area contributed by atoms with E-state index in [2.05, 4.69) is 52.7 Å². The van der Waals surface area contributed by atoms with Gasteiger partial charge in [-0.2, -0.15) is 0 Å². The Bertz CT molecular complexity index is 754. The van der Waals surface area contributed by atoms with Crippen molar-refractivity contribution in [3.8, 4) is 10.6 Å². The summed E-state index contributed by atoms with van der Waals surface area (Å²) in [6.45, 7) is 3.37. The van der Waals surface area contributed by atoms with Crippen LogP contribution < -0.4 is 4.90 Å². The molecule has 2 aromatic heterocycles. The van der Waals surface area contributed by atoms with Gasteiger partial charge < -0.3 is 9.64 Å². The second kappa shape index (κ2) is 6.65. The zero-order valence-electron chi connectivity index (χ0n) is 12.1. The number of thiophene rings is 1. The molecule has 22 heavy (non-hydrogen) atoms. The lowest BCUT2D eigenvalue weighted by Crippen LogP contribution is -2.36. The van der Waals surface area contributed by atoms with Crippen LogP contribution in [0.25, 0.3) is 21.3 Å². The van der Waals surface area contributed by atoms with Crippen LogP contribution in [0.2, 0.25) is 0 Å². The van der Waals surface area contributed by atoms with E-state index in [1.807, 2.05) is 0 Å². The molecule has 0 saturated carbocycles. The molecule has 1 aliphatic rings. The van der Waals surface area contributed by atoms with E-state index < -0.39 is 0 Å². The Morgan fingerprint density at radius 3 is 2.64 bits per heavy atom. The van der Waals surface area contributed by atoms with Crippen LogP contribution in [0, 0.1) is 0 Å². The Balaban J connectivity index is 0.00000144. The lowest BCUT2D eigenvalue weighted by molar-refractivity contribution is 0.122. The molecule has 1 fully saturated rings. The minimum atomic E-state index is 0. The standard InChI is InChI=1S/C17H16N2OS.ClH/c1-2-5-14-13(4-1)12-15(16-6-3-11-21-16)18-17(14)19-7-9-20-10-8-19;/h1-6,11-12H,7-10H2;1H. The third-order valence-electron chi connectivity index (χ3n) is 3.80. The van der Waals surface area contributed by atoms with Crippen LogP contribution in [-0.4, -0.2) is 31.3 Å². The van der Waals surface area contributed by atoms with Crippen molar-refractivity contribution in [2.75, 3.05) is 31.2 Å². The number of nitrogens with zero attached hydrogens (tertiary/aromatic N) is 2. The van der Waals surface area contributed by atoms with Gasteiger partial charge in [0.1, 0.15) is 5.82 Å². The highest BCUT2D eigenvalue weighted by atomic mass is 35.5. The van der Waals surface area contributed by atoms with Crippen LogP contribution in [0.5, 0.6) is 0 Å². The number of ether oxygens (including phenoxy) is 1. The van der Waals surface area contributed by atoms with E-state index in [1.165, 1.54) is 15.6 Å². The number of hydrogen-bond donors (Lipinski definition) is 0. The summed E-state index contributed by atoms with van der Waals surface area (Å²) in [5.41, 5.74) is 1.06. The van der Waals surface area contributed by atoms with E-state index >= 15 is 0 Å². The molecule has 1 aliphatic heterocycles. The highest BCUT2D eigenvalue weighted by Crippen LogP contribution is 2.32. The highest BCUT2D eigenvalue weighted by molar-refractivity contribution is 7.13. The van der Waals surface area contributed by atoms with Crippen molar-refractivity contribution in [3.63, 3.8) is 0 Å². The molecule has 3 nitrogen and oxygen atoms in total. The van der Waals surface area contributed by atoms with E-state index in [1.54, 1.807) is 11.3 Å². The van der Waals surface area contributed by atoms with Gasteiger partial charge in [-0.05, 0) is 22.9 Å². The predicted octanol–water partition coefficient (Wildman–Crippen LogP) is 4.22. The number of pyridine rings is 1. The minimum absolute atomic E-state index is 0. The molecule has 1 saturated heterocycles. The summed E-state index contributed by atoms with van der Waals surface area (Å²) in [5.74, 6) is 1.08. The lowest BCUT2D eigenvalue weighted by atomic mass is 10.1. The van der Waals surface area contributed by atoms with E-state index in [4.69, 9.17) is 9.72 Å². The second-order valence-electron chi connectivity index (χ2n) is 5.13. The first-order valence-electron chi connectivity index (χ1n) is 7.18. The third kappa shape index (κ3) is 2.82. The number of aromatic nitrogens is 1. The predicted molar refractivity (Wildman–Crippen MR) is 95.3 cm³/mol. The molecule has 0 amide bonds. The van der Waals surface area contributed by atoms with Gasteiger partial charge in [0.2, 0.25) is 0 Å². The number of hydrogen-bond acceptors (Lipinski definition) is 4. The Morgan fingerprint density at radius 1 is 1.05 bits per heavy atom. The molecule has 0 N–H and O–H groups in total. The van der Waals surface area contributed by atoms with Crippen molar-refractivity contribution in [2.45, 2.75) is 0 Å². The molecule has 1 aromatic carbocycles. The van der Waals surface area contributed by atoms with Crippen LogP contribution in [0.15, 0.2) is 47.8 Å². The topological polar surface area (TPSA) is 25.4 Å². The fourth-order valence-electron chi connectivity index (χ4n) is 2.75. The molecular weight excluding hydrogens is 316 g/mol. The SMILES string of the molecule is Cl.c1csc(-c2cc3ccccc3c(N3CCOCC3)n2)c1. The average Bonchev–Trinajstić information content (AvgIpc) is 3.09. The number of fused-ring (bicyclic) bond motifs is 1. The third-order valence-corrected chi connectivity index (χ3v) is 4.70. The molecule has 5 heteroatoms. The van der Waals surface area contributed by atoms with Gasteiger partial charge in [0.15, 0.2) is 0 Å². The summed E-state index contributed by atoms with van der Waals surface area (Å²) >= 11 is 1.73. The van der Waals surface area contributed by atoms with Gasteiger partial charge in [-0.25, -0.2) is 4.98 Å². The average molecular weight is 333 g/mol. The molecular formula is C17H17ClN2OS. The van der Waals surface area contributed by atoms with Crippen molar-refractivity contribution in [1.29, 1.82) is 0 Å². The Labute approximate surface area is 140 Å². The van der Waals surface area contributed by atoms with Crippen molar-refractivity contribution < 1.29 is 4.74 Å². The first-order valence-corrected chi connectivity index (χ1v) is 8.06. The molecule has 0 atom stereocenters. The van der Waals surface area contributed by atoms with Gasteiger partial charge in [0, 0.05) is 18.5 Å². The maximum absolute atomic E-state index is 5.47. The van der Waals surface area contributed by atoms with Gasteiger partial charge in [-0.3, -0.25) is 0 Å². The number of benzene rings is 1. The summed E-state index contributed by atoms with van der Waals surface area (Å²) in [6.07, 6.45) is 0. The van der Waals surface area contributed by atoms with Crippen LogP contribution in [0.3, 0.4) is 0 Å². The van der Waals surface area contributed by atoms with Crippen LogP contribution in [0.1, 0.15) is 0 Å². The molecule has 0 radical (unpaired) electrons. The summed E-state index contributed by atoms with van der Waals surface area (Å²) in [5, 5.41) is 4.57. The summed E-state index contributed by atoms with van der Waals surface area (Å²) in [7, 11) is 0. The van der Waals surface area contributed by atoms with Gasteiger partial charge >= 0.3 is 0 Å². The Hall–Kier alpha value is -1.62. The summed E-state index contributed by atoms with van der Waals surface area (Å²) < 4.78 is 5.47. The molecule has 0 unspecified atom stereocenters. The van der Waals surface area contributed by atoms with Crippen LogP contribution in [-0.2, 0) is 4.74 Å². The number of halogens is 1. The number of anilines is 1. The Kier molecular flexibility index (Phi) is 4.62. The molecule has 0 spiro atoms.